The highest BCUT2D eigenvalue weighted by atomic mass is 14.9. The third-order valence-corrected chi connectivity index (χ3v) is 10.8. The van der Waals surface area contributed by atoms with Crippen molar-refractivity contribution in [3.05, 3.63) is 206 Å². The van der Waals surface area contributed by atoms with E-state index >= 15 is 0 Å². The van der Waals surface area contributed by atoms with Gasteiger partial charge in [0.2, 0.25) is 0 Å². The molecule has 0 saturated carbocycles. The second kappa shape index (κ2) is 14.7. The molecule has 270 valence electrons. The summed E-state index contributed by atoms with van der Waals surface area (Å²) in [6.45, 7) is 2.16. The van der Waals surface area contributed by atoms with Gasteiger partial charge in [0.05, 0.1) is 17.1 Å². The number of fused-ring (bicyclic) bond motifs is 2. The quantitative estimate of drug-likeness (QED) is 0.177. The molecule has 7 aromatic carbocycles. The molecule has 0 saturated heterocycles. The van der Waals surface area contributed by atoms with Crippen molar-refractivity contribution in [3.63, 3.8) is 0 Å². The monoisotopic (exact) mass is 730 g/mol. The Morgan fingerprint density at radius 2 is 0.947 bits per heavy atom. The molecule has 9 aromatic rings. The number of rotatable bonds is 7. The van der Waals surface area contributed by atoms with Gasteiger partial charge >= 0.3 is 0 Å². The van der Waals surface area contributed by atoms with Crippen LogP contribution in [0.4, 0.5) is 0 Å². The normalized spacial score (nSPS) is 13.7. The minimum absolute atomic E-state index is 0.282. The summed E-state index contributed by atoms with van der Waals surface area (Å²) >= 11 is 0. The minimum atomic E-state index is 0.282. The number of hydrogen-bond acceptors (Lipinski definition) is 4. The Morgan fingerprint density at radius 3 is 1.51 bits per heavy atom. The zero-order valence-corrected chi connectivity index (χ0v) is 31.5. The topological polar surface area (TPSA) is 50.7 Å². The summed E-state index contributed by atoms with van der Waals surface area (Å²) < 4.78 is 0. The average molecular weight is 731 g/mol. The zero-order chi connectivity index (χ0) is 38.1. The van der Waals surface area contributed by atoms with Crippen LogP contribution in [0.1, 0.15) is 12.5 Å². The minimum Gasteiger partial charge on any atom is -0.379 e. The molecule has 0 aliphatic carbocycles. The molecule has 1 atom stereocenters. The first kappa shape index (κ1) is 34.1. The van der Waals surface area contributed by atoms with E-state index in [4.69, 9.17) is 9.97 Å². The highest BCUT2D eigenvalue weighted by Gasteiger charge is 2.17. The number of allylic oxidation sites excluding steroid dienone is 2. The van der Waals surface area contributed by atoms with Crippen molar-refractivity contribution >= 4 is 27.2 Å². The summed E-state index contributed by atoms with van der Waals surface area (Å²) in [7, 11) is 0. The van der Waals surface area contributed by atoms with Crippen LogP contribution in [-0.4, -0.2) is 21.0 Å². The smallest absolute Gasteiger partial charge is 0.160 e. The van der Waals surface area contributed by atoms with E-state index in [1.807, 2.05) is 24.4 Å². The molecule has 57 heavy (non-hydrogen) atoms. The van der Waals surface area contributed by atoms with Gasteiger partial charge in [0, 0.05) is 40.2 Å². The fourth-order valence-electron chi connectivity index (χ4n) is 7.90. The lowest BCUT2D eigenvalue weighted by Crippen LogP contribution is -2.24. The van der Waals surface area contributed by atoms with Crippen LogP contribution in [0.2, 0.25) is 0 Å². The maximum atomic E-state index is 5.35. The fourth-order valence-corrected chi connectivity index (χ4v) is 7.90. The van der Waals surface area contributed by atoms with Gasteiger partial charge in [-0.25, -0.2) is 9.97 Å². The van der Waals surface area contributed by atoms with Crippen LogP contribution in [-0.2, 0) is 0 Å². The van der Waals surface area contributed by atoms with Gasteiger partial charge < -0.3 is 5.32 Å². The fraction of sp³-hybridized carbons (Fsp3) is 0.0377. The second-order valence-electron chi connectivity index (χ2n) is 14.6. The van der Waals surface area contributed by atoms with Crippen LogP contribution in [0.25, 0.3) is 94.7 Å². The van der Waals surface area contributed by atoms with E-state index in [1.165, 1.54) is 32.7 Å². The van der Waals surface area contributed by atoms with Crippen LogP contribution in [0.5, 0.6) is 0 Å². The lowest BCUT2D eigenvalue weighted by atomic mass is 9.91. The summed E-state index contributed by atoms with van der Waals surface area (Å²) in [4.78, 5) is 15.3. The number of nitrogens with one attached hydrogen (secondary N) is 1. The van der Waals surface area contributed by atoms with E-state index in [0.29, 0.717) is 5.82 Å². The van der Waals surface area contributed by atoms with E-state index < -0.39 is 0 Å². The van der Waals surface area contributed by atoms with Gasteiger partial charge in [-0.15, -0.1) is 0 Å². The van der Waals surface area contributed by atoms with Gasteiger partial charge in [0.15, 0.2) is 5.82 Å². The SMILES string of the molecule is CC1C=CC=C(c2ccc(-c3cc(-c4ccc(-c5ccccn5)cc4)nc(-c4cc(-c5cccc6ccccc56)cc(-c5cccc6ccccc56)c4)n3)cc2)N1. The molecule has 1 aliphatic rings. The molecule has 10 rings (SSSR count). The maximum absolute atomic E-state index is 5.35. The van der Waals surface area contributed by atoms with Gasteiger partial charge in [0.1, 0.15) is 0 Å². The molecule has 1 aliphatic heterocycles. The Hall–Kier alpha value is -7.43. The molecule has 0 radical (unpaired) electrons. The third kappa shape index (κ3) is 6.79. The number of aromatic nitrogens is 3. The van der Waals surface area contributed by atoms with Crippen molar-refractivity contribution in [2.75, 3.05) is 0 Å². The summed E-state index contributed by atoms with van der Waals surface area (Å²) in [6.07, 6.45) is 8.23. The summed E-state index contributed by atoms with van der Waals surface area (Å²) in [6, 6.07) is 62.6. The Kier molecular flexibility index (Phi) is 8.77. The maximum Gasteiger partial charge on any atom is 0.160 e. The number of dihydropyridines is 1. The molecule has 0 spiro atoms. The van der Waals surface area contributed by atoms with Crippen LogP contribution < -0.4 is 5.32 Å². The first-order chi connectivity index (χ1) is 28.1. The molecular weight excluding hydrogens is 693 g/mol. The van der Waals surface area contributed by atoms with Crippen LogP contribution in [0, 0.1) is 0 Å². The molecule has 0 amide bonds. The Bertz CT molecular complexity index is 2870. The van der Waals surface area contributed by atoms with Crippen molar-refractivity contribution < 1.29 is 0 Å². The summed E-state index contributed by atoms with van der Waals surface area (Å²) in [5.41, 5.74) is 13.5. The van der Waals surface area contributed by atoms with Gasteiger partial charge in [-0.1, -0.05) is 152 Å². The average Bonchev–Trinajstić information content (AvgIpc) is 3.28. The van der Waals surface area contributed by atoms with Gasteiger partial charge in [-0.2, -0.15) is 0 Å². The largest absolute Gasteiger partial charge is 0.379 e. The Morgan fingerprint density at radius 1 is 0.439 bits per heavy atom. The predicted octanol–water partition coefficient (Wildman–Crippen LogP) is 13.1. The molecule has 2 aromatic heterocycles. The van der Waals surface area contributed by atoms with E-state index in [-0.39, 0.29) is 6.04 Å². The molecule has 4 heteroatoms. The molecule has 0 bridgehead atoms. The van der Waals surface area contributed by atoms with Crippen molar-refractivity contribution in [1.29, 1.82) is 0 Å². The van der Waals surface area contributed by atoms with Crippen molar-refractivity contribution in [1.82, 2.24) is 20.3 Å². The third-order valence-electron chi connectivity index (χ3n) is 10.8. The molecule has 3 heterocycles. The van der Waals surface area contributed by atoms with Crippen molar-refractivity contribution in [2.45, 2.75) is 13.0 Å². The second-order valence-corrected chi connectivity index (χ2v) is 14.6. The van der Waals surface area contributed by atoms with Crippen LogP contribution in [0.3, 0.4) is 0 Å². The van der Waals surface area contributed by atoms with Crippen molar-refractivity contribution in [2.24, 2.45) is 0 Å². The number of hydrogen-bond donors (Lipinski definition) is 1. The number of benzene rings is 7. The standard InChI is InChI=1S/C53H38N4/c1-35-11-8-21-50(55-35)39-24-28-41(29-25-39)52-34-51(40-26-22-38(23-27-40)49-20-6-7-30-54-49)56-53(57-52)44-32-42(47-18-9-14-36-12-2-4-16-45(36)47)31-43(33-44)48-19-10-15-37-13-3-5-17-46(37)48/h2-35,55H,1H3. The Labute approximate surface area is 332 Å². The first-order valence-electron chi connectivity index (χ1n) is 19.4. The number of nitrogens with zero attached hydrogens (tertiary/aromatic N) is 3. The predicted molar refractivity (Wildman–Crippen MR) is 237 cm³/mol. The van der Waals surface area contributed by atoms with Crippen molar-refractivity contribution in [3.8, 4) is 67.4 Å². The van der Waals surface area contributed by atoms with Crippen LogP contribution in [0.15, 0.2) is 200 Å². The highest BCUT2D eigenvalue weighted by Crippen LogP contribution is 2.39. The summed E-state index contributed by atoms with van der Waals surface area (Å²) in [5, 5.41) is 8.39. The van der Waals surface area contributed by atoms with E-state index in [1.54, 1.807) is 0 Å². The van der Waals surface area contributed by atoms with E-state index in [2.05, 4.69) is 193 Å². The van der Waals surface area contributed by atoms with Gasteiger partial charge in [-0.05, 0) is 98.8 Å². The van der Waals surface area contributed by atoms with E-state index in [0.717, 1.165) is 61.7 Å². The Balaban J connectivity index is 1.16. The first-order valence-corrected chi connectivity index (χ1v) is 19.4. The lowest BCUT2D eigenvalue weighted by Gasteiger charge is -2.18. The molecule has 1 unspecified atom stereocenters. The van der Waals surface area contributed by atoms with Gasteiger partial charge in [0.25, 0.3) is 0 Å². The molecular formula is C53H38N4. The molecule has 1 N–H and O–H groups in total. The number of pyridine rings is 1. The van der Waals surface area contributed by atoms with Crippen LogP contribution >= 0.6 is 0 Å². The van der Waals surface area contributed by atoms with E-state index in [9.17, 15) is 0 Å². The summed E-state index contributed by atoms with van der Waals surface area (Å²) in [5.74, 6) is 0.666. The molecule has 4 nitrogen and oxygen atoms in total. The highest BCUT2D eigenvalue weighted by molar-refractivity contribution is 6.01. The van der Waals surface area contributed by atoms with Gasteiger partial charge in [-0.3, -0.25) is 4.98 Å². The lowest BCUT2D eigenvalue weighted by molar-refractivity contribution is 0.778. The zero-order valence-electron chi connectivity index (χ0n) is 31.5. The molecule has 0 fully saturated rings.